The number of hydrogen-bond acceptors (Lipinski definition) is 5. The molecule has 1 aromatic heterocycles. The highest BCUT2D eigenvalue weighted by atomic mass is 19.1. The summed E-state index contributed by atoms with van der Waals surface area (Å²) in [4.78, 5) is 30.4. The van der Waals surface area contributed by atoms with Gasteiger partial charge in [-0.3, -0.25) is 14.2 Å². The molecule has 0 aliphatic heterocycles. The lowest BCUT2D eigenvalue weighted by molar-refractivity contribution is 0.0950. The molecule has 2 aromatic carbocycles. The van der Waals surface area contributed by atoms with Crippen LogP contribution in [-0.4, -0.2) is 35.1 Å². The van der Waals surface area contributed by atoms with Gasteiger partial charge in [-0.15, -0.1) is 0 Å². The van der Waals surface area contributed by atoms with Crippen LogP contribution in [0.5, 0.6) is 0 Å². The number of nitrogens with one attached hydrogen (secondary N) is 3. The number of rotatable bonds is 10. The van der Waals surface area contributed by atoms with E-state index >= 15 is 0 Å². The lowest BCUT2D eigenvalue weighted by Crippen LogP contribution is -2.34. The van der Waals surface area contributed by atoms with E-state index in [0.717, 1.165) is 37.8 Å². The SMILES string of the molecule is CNCCCc1ccccc1C(C)(C)Nc1nccn(-c2cc(C(=O)NC3CC3)cc(F)c2C)c1=O. The summed E-state index contributed by atoms with van der Waals surface area (Å²) in [6, 6.07) is 11.1. The average Bonchev–Trinajstić information content (AvgIpc) is 3.66. The molecule has 0 unspecified atom stereocenters. The molecule has 190 valence electrons. The van der Waals surface area contributed by atoms with Crippen molar-refractivity contribution in [1.82, 2.24) is 20.2 Å². The first-order chi connectivity index (χ1) is 17.2. The summed E-state index contributed by atoms with van der Waals surface area (Å²) in [5.41, 5.74) is 2.07. The van der Waals surface area contributed by atoms with Crippen LogP contribution in [-0.2, 0) is 12.0 Å². The highest BCUT2D eigenvalue weighted by Gasteiger charge is 2.27. The number of aryl methyl sites for hydroxylation is 1. The topological polar surface area (TPSA) is 88.1 Å². The molecule has 1 amide bonds. The van der Waals surface area contributed by atoms with Gasteiger partial charge in [0.05, 0.1) is 11.2 Å². The Morgan fingerprint density at radius 3 is 2.69 bits per heavy atom. The Hall–Kier alpha value is -3.52. The van der Waals surface area contributed by atoms with Crippen molar-refractivity contribution in [3.05, 3.63) is 87.2 Å². The van der Waals surface area contributed by atoms with Crippen LogP contribution in [0.2, 0.25) is 0 Å². The van der Waals surface area contributed by atoms with Crippen LogP contribution in [0.1, 0.15) is 60.2 Å². The molecule has 8 heteroatoms. The zero-order valence-electron chi connectivity index (χ0n) is 21.3. The molecule has 1 heterocycles. The van der Waals surface area contributed by atoms with Gasteiger partial charge in [0.15, 0.2) is 5.82 Å². The second-order valence-corrected chi connectivity index (χ2v) is 9.92. The van der Waals surface area contributed by atoms with Crippen molar-refractivity contribution in [3.8, 4) is 5.69 Å². The molecular formula is C28H34FN5O2. The molecule has 0 atom stereocenters. The molecule has 0 spiro atoms. The summed E-state index contributed by atoms with van der Waals surface area (Å²) >= 11 is 0. The summed E-state index contributed by atoms with van der Waals surface area (Å²) in [6.07, 6.45) is 6.77. The van der Waals surface area contributed by atoms with E-state index in [4.69, 9.17) is 0 Å². The minimum absolute atomic E-state index is 0.146. The zero-order chi connectivity index (χ0) is 25.9. The largest absolute Gasteiger partial charge is 0.356 e. The Kier molecular flexibility index (Phi) is 7.54. The van der Waals surface area contributed by atoms with Crippen LogP contribution in [0.15, 0.2) is 53.6 Å². The maximum absolute atomic E-state index is 14.8. The van der Waals surface area contributed by atoms with Gasteiger partial charge in [-0.05, 0) is 83.3 Å². The molecule has 0 radical (unpaired) electrons. The molecule has 3 N–H and O–H groups in total. The zero-order valence-corrected chi connectivity index (χ0v) is 21.3. The van der Waals surface area contributed by atoms with Gasteiger partial charge in [-0.1, -0.05) is 24.3 Å². The van der Waals surface area contributed by atoms with Gasteiger partial charge in [-0.2, -0.15) is 0 Å². The minimum Gasteiger partial charge on any atom is -0.356 e. The van der Waals surface area contributed by atoms with Crippen LogP contribution < -0.4 is 21.5 Å². The molecule has 4 rings (SSSR count). The number of carbonyl (C=O) groups is 1. The Balaban J connectivity index is 1.67. The van der Waals surface area contributed by atoms with E-state index in [1.165, 1.54) is 28.6 Å². The van der Waals surface area contributed by atoms with E-state index in [1.807, 2.05) is 33.0 Å². The summed E-state index contributed by atoms with van der Waals surface area (Å²) in [5, 5.41) is 9.36. The predicted octanol–water partition coefficient (Wildman–Crippen LogP) is 4.07. The lowest BCUT2D eigenvalue weighted by atomic mass is 9.88. The highest BCUT2D eigenvalue weighted by Crippen LogP contribution is 2.28. The fourth-order valence-corrected chi connectivity index (χ4v) is 4.40. The van der Waals surface area contributed by atoms with Gasteiger partial charge in [0.1, 0.15) is 5.82 Å². The average molecular weight is 492 g/mol. The number of halogens is 1. The number of nitrogens with zero attached hydrogens (tertiary/aromatic N) is 2. The Labute approximate surface area is 211 Å². The van der Waals surface area contributed by atoms with E-state index in [1.54, 1.807) is 13.0 Å². The van der Waals surface area contributed by atoms with Crippen molar-refractivity contribution in [2.45, 2.75) is 58.0 Å². The number of carbonyl (C=O) groups excluding carboxylic acids is 1. The van der Waals surface area contributed by atoms with E-state index in [-0.39, 0.29) is 28.9 Å². The highest BCUT2D eigenvalue weighted by molar-refractivity contribution is 5.95. The van der Waals surface area contributed by atoms with Gasteiger partial charge in [-0.25, -0.2) is 9.37 Å². The van der Waals surface area contributed by atoms with E-state index in [2.05, 4.69) is 33.1 Å². The maximum Gasteiger partial charge on any atom is 0.297 e. The lowest BCUT2D eigenvalue weighted by Gasteiger charge is -2.30. The van der Waals surface area contributed by atoms with E-state index in [0.29, 0.717) is 5.69 Å². The molecule has 3 aromatic rings. The van der Waals surface area contributed by atoms with E-state index < -0.39 is 16.9 Å². The second-order valence-electron chi connectivity index (χ2n) is 9.92. The second kappa shape index (κ2) is 10.6. The molecule has 1 aliphatic rings. The molecule has 1 aliphatic carbocycles. The quantitative estimate of drug-likeness (QED) is 0.372. The van der Waals surface area contributed by atoms with Gasteiger partial charge >= 0.3 is 0 Å². The fraction of sp³-hybridized carbons (Fsp3) is 0.393. The minimum atomic E-state index is -0.589. The van der Waals surface area contributed by atoms with Crippen LogP contribution in [0.3, 0.4) is 0 Å². The third-order valence-electron chi connectivity index (χ3n) is 6.59. The third kappa shape index (κ3) is 5.65. The molecule has 1 saturated carbocycles. The van der Waals surface area contributed by atoms with Gasteiger partial charge in [0, 0.05) is 29.6 Å². The maximum atomic E-state index is 14.8. The van der Waals surface area contributed by atoms with Crippen molar-refractivity contribution in [2.24, 2.45) is 0 Å². The summed E-state index contributed by atoms with van der Waals surface area (Å²) in [7, 11) is 1.94. The first kappa shape index (κ1) is 25.6. The van der Waals surface area contributed by atoms with Crippen LogP contribution in [0, 0.1) is 12.7 Å². The smallest absolute Gasteiger partial charge is 0.297 e. The van der Waals surface area contributed by atoms with Gasteiger partial charge in [0.25, 0.3) is 11.5 Å². The molecule has 0 saturated heterocycles. The van der Waals surface area contributed by atoms with Crippen molar-refractivity contribution in [1.29, 1.82) is 0 Å². The normalized spacial score (nSPS) is 13.5. The first-order valence-electron chi connectivity index (χ1n) is 12.4. The summed E-state index contributed by atoms with van der Waals surface area (Å²) in [6.45, 7) is 6.53. The molecule has 36 heavy (non-hydrogen) atoms. The number of anilines is 1. The number of benzene rings is 2. The Bertz CT molecular complexity index is 1310. The molecule has 7 nitrogen and oxygen atoms in total. The number of amides is 1. The standard InChI is InChI=1S/C28H34FN5O2/c1-18-23(29)16-20(26(35)32-21-11-12-21)17-24(18)34-15-14-31-25(27(34)36)33-28(2,3)22-10-6-5-8-19(22)9-7-13-30-4/h5-6,8,10,14-17,21,30H,7,9,11-13H2,1-4H3,(H,31,33)(H,32,35). The van der Waals surface area contributed by atoms with Crippen LogP contribution in [0.25, 0.3) is 5.69 Å². The Morgan fingerprint density at radius 1 is 1.22 bits per heavy atom. The predicted molar refractivity (Wildman–Crippen MR) is 140 cm³/mol. The fourth-order valence-electron chi connectivity index (χ4n) is 4.40. The van der Waals surface area contributed by atoms with Crippen LogP contribution >= 0.6 is 0 Å². The molecule has 0 bridgehead atoms. The van der Waals surface area contributed by atoms with Gasteiger partial charge < -0.3 is 16.0 Å². The van der Waals surface area contributed by atoms with Crippen molar-refractivity contribution < 1.29 is 9.18 Å². The number of aromatic nitrogens is 2. The van der Waals surface area contributed by atoms with Crippen LogP contribution in [0.4, 0.5) is 10.2 Å². The monoisotopic (exact) mass is 491 g/mol. The third-order valence-corrected chi connectivity index (χ3v) is 6.59. The van der Waals surface area contributed by atoms with Gasteiger partial charge in [0.2, 0.25) is 0 Å². The molecular weight excluding hydrogens is 457 g/mol. The van der Waals surface area contributed by atoms with Crippen molar-refractivity contribution in [3.63, 3.8) is 0 Å². The number of hydrogen-bond donors (Lipinski definition) is 3. The van der Waals surface area contributed by atoms with Crippen molar-refractivity contribution >= 4 is 11.7 Å². The molecule has 1 fully saturated rings. The summed E-state index contributed by atoms with van der Waals surface area (Å²) in [5.74, 6) is -0.725. The van der Waals surface area contributed by atoms with Crippen molar-refractivity contribution in [2.75, 3.05) is 18.9 Å². The Morgan fingerprint density at radius 2 is 1.97 bits per heavy atom. The first-order valence-corrected chi connectivity index (χ1v) is 12.4. The summed E-state index contributed by atoms with van der Waals surface area (Å²) < 4.78 is 16.1. The van der Waals surface area contributed by atoms with E-state index in [9.17, 15) is 14.0 Å².